The molecule has 0 N–H and O–H groups in total. The molecule has 210 valence electrons. The van der Waals surface area contributed by atoms with Gasteiger partial charge >= 0.3 is 0 Å². The molecular weight excluding hydrogens is 553 g/mol. The third-order valence-corrected chi connectivity index (χ3v) is 9.85. The van der Waals surface area contributed by atoms with E-state index >= 15 is 0 Å². The van der Waals surface area contributed by atoms with Crippen LogP contribution in [0, 0.1) is 0 Å². The zero-order chi connectivity index (χ0) is 36.9. The van der Waals surface area contributed by atoms with Gasteiger partial charge in [0.25, 0.3) is 0 Å². The molecule has 0 saturated carbocycles. The first-order chi connectivity index (χ1) is 26.2. The van der Waals surface area contributed by atoms with Crippen LogP contribution in [-0.4, -0.2) is 0 Å². The summed E-state index contributed by atoms with van der Waals surface area (Å²) >= 11 is 0. The summed E-state index contributed by atoms with van der Waals surface area (Å²) in [4.78, 5) is 0. The zero-order valence-corrected chi connectivity index (χ0v) is 24.4. The van der Waals surface area contributed by atoms with Crippen LogP contribution >= 0.6 is 0 Å². The van der Waals surface area contributed by atoms with Crippen molar-refractivity contribution in [1.29, 1.82) is 0 Å². The summed E-state index contributed by atoms with van der Waals surface area (Å²) in [6, 6.07) is 34.3. The van der Waals surface area contributed by atoms with Gasteiger partial charge in [0.1, 0.15) is 0 Å². The Kier molecular flexibility index (Phi) is 3.47. The highest BCUT2D eigenvalue weighted by Gasteiger charge is 2.18. The van der Waals surface area contributed by atoms with Crippen LogP contribution < -0.4 is 0 Å². The van der Waals surface area contributed by atoms with Crippen molar-refractivity contribution in [2.45, 2.75) is 0 Å². The van der Waals surface area contributed by atoms with Gasteiger partial charge in [-0.3, -0.25) is 0 Å². The largest absolute Gasteiger partial charge is 0.0636 e. The van der Waals surface area contributed by atoms with Crippen molar-refractivity contribution in [2.75, 3.05) is 0 Å². The Labute approximate surface area is 276 Å². The van der Waals surface area contributed by atoms with Gasteiger partial charge in [-0.25, -0.2) is 0 Å². The molecule has 11 rings (SSSR count). The summed E-state index contributed by atoms with van der Waals surface area (Å²) in [7, 11) is 0. The second-order valence-corrected chi connectivity index (χ2v) is 12.2. The molecule has 0 aliphatic rings. The van der Waals surface area contributed by atoms with Crippen LogP contribution in [0.25, 0.3) is 108 Å². The molecule has 0 fully saturated rings. The molecule has 11 aromatic carbocycles. The lowest BCUT2D eigenvalue weighted by molar-refractivity contribution is 1.68. The number of rotatable bonds is 2. The van der Waals surface area contributed by atoms with Crippen molar-refractivity contribution < 1.29 is 11.0 Å². The lowest BCUT2D eigenvalue weighted by Crippen LogP contribution is -1.91. The van der Waals surface area contributed by atoms with E-state index in [1.54, 1.807) is 0 Å². The predicted octanol–water partition coefficient (Wildman–Crippen LogP) is 13.1. The molecular formula is C46H26. The van der Waals surface area contributed by atoms with E-state index in [0.29, 0.717) is 22.3 Å². The maximum Gasteiger partial charge on any atom is 0.0636 e. The lowest BCUT2D eigenvalue weighted by Gasteiger charge is -2.19. The van der Waals surface area contributed by atoms with E-state index in [9.17, 15) is 5.48 Å². The molecule has 0 radical (unpaired) electrons. The molecule has 0 heterocycles. The molecule has 0 atom stereocenters. The Balaban J connectivity index is 1.40. The van der Waals surface area contributed by atoms with Gasteiger partial charge < -0.3 is 0 Å². The van der Waals surface area contributed by atoms with Crippen LogP contribution in [0.5, 0.6) is 0 Å². The van der Waals surface area contributed by atoms with Crippen molar-refractivity contribution in [3.63, 3.8) is 0 Å². The molecule has 0 nitrogen and oxygen atoms in total. The molecule has 0 aliphatic heterocycles. The minimum atomic E-state index is -0.498. The van der Waals surface area contributed by atoms with Gasteiger partial charge in [0.05, 0.1) is 11.0 Å². The van der Waals surface area contributed by atoms with E-state index in [2.05, 4.69) is 60.7 Å². The van der Waals surface area contributed by atoms with Crippen LogP contribution in [0.4, 0.5) is 0 Å². The maximum absolute atomic E-state index is 10.1. The first-order valence-electron chi connectivity index (χ1n) is 19.5. The van der Waals surface area contributed by atoms with Gasteiger partial charge in [-0.15, -0.1) is 0 Å². The van der Waals surface area contributed by atoms with E-state index in [1.807, 2.05) is 48.5 Å². The Morgan fingerprint density at radius 3 is 1.48 bits per heavy atom. The second kappa shape index (κ2) is 8.81. The Morgan fingerprint density at radius 2 is 0.826 bits per heavy atom. The Morgan fingerprint density at radius 1 is 0.304 bits per heavy atom. The van der Waals surface area contributed by atoms with Crippen molar-refractivity contribution in [2.24, 2.45) is 0 Å². The van der Waals surface area contributed by atoms with Gasteiger partial charge in [-0.2, -0.15) is 0 Å². The van der Waals surface area contributed by atoms with Crippen LogP contribution in [0.3, 0.4) is 0 Å². The predicted molar refractivity (Wildman–Crippen MR) is 200 cm³/mol. The van der Waals surface area contributed by atoms with Crippen molar-refractivity contribution in [1.82, 2.24) is 0 Å². The maximum atomic E-state index is 10.1. The normalized spacial score (nSPS) is 14.8. The topological polar surface area (TPSA) is 0 Å². The fraction of sp³-hybridized carbons (Fsp3) is 0. The fourth-order valence-corrected chi connectivity index (χ4v) is 7.81. The summed E-state index contributed by atoms with van der Waals surface area (Å²) < 4.78 is 73.9. The minimum Gasteiger partial charge on any atom is -0.0616 e. The summed E-state index contributed by atoms with van der Waals surface area (Å²) in [5.41, 5.74) is 1.95. The van der Waals surface area contributed by atoms with Crippen LogP contribution in [0.1, 0.15) is 11.0 Å². The third kappa shape index (κ3) is 3.18. The standard InChI is InChI=1S/C46H26/c1-2-10-35-27(5-1)15-21-38-41(35)25-34(36-20-16-32-13-11-28-6-3-8-30-18-23-39(36)45(32)43(28)30)26-42(38)37-22-17-33-14-12-29-7-4-9-31-19-24-40(37)46(33)44(29)31/h1-26H/i1D,2D,5D,10D,15D,21D,25D,26D. The molecule has 0 amide bonds. The molecule has 0 unspecified atom stereocenters. The molecule has 0 spiro atoms. The van der Waals surface area contributed by atoms with Crippen molar-refractivity contribution >= 4 is 86.2 Å². The van der Waals surface area contributed by atoms with Gasteiger partial charge in [-0.1, -0.05) is 145 Å². The zero-order valence-electron chi connectivity index (χ0n) is 32.4. The summed E-state index contributed by atoms with van der Waals surface area (Å²) in [5, 5.41) is 12.5. The van der Waals surface area contributed by atoms with Crippen molar-refractivity contribution in [3.05, 3.63) is 158 Å². The quantitative estimate of drug-likeness (QED) is 0.177. The number of benzene rings is 11. The molecule has 0 bridgehead atoms. The van der Waals surface area contributed by atoms with Gasteiger partial charge in [0, 0.05) is 0 Å². The van der Waals surface area contributed by atoms with E-state index in [-0.39, 0.29) is 51.8 Å². The van der Waals surface area contributed by atoms with Crippen LogP contribution in [0.15, 0.2) is 158 Å². The highest BCUT2D eigenvalue weighted by molar-refractivity contribution is 6.28. The van der Waals surface area contributed by atoms with E-state index in [4.69, 9.17) is 5.48 Å². The monoisotopic (exact) mass is 586 g/mol. The molecule has 11 aromatic rings. The summed E-state index contributed by atoms with van der Waals surface area (Å²) in [6.45, 7) is 0. The number of fused-ring (bicyclic) bond motifs is 3. The van der Waals surface area contributed by atoms with Crippen LogP contribution in [0.2, 0.25) is 0 Å². The van der Waals surface area contributed by atoms with E-state index < -0.39 is 18.1 Å². The SMILES string of the molecule is [2H]c1c([2H])c([2H])c2c(c1[2H])c([2H])c([2H])c1c(-c3ccc4ccc5cccc6ccc3c4c56)c([2H])c(-c3ccc4ccc5cccc6ccc3c4c56)c([2H])c12. The lowest BCUT2D eigenvalue weighted by atomic mass is 9.85. The molecule has 0 heteroatoms. The third-order valence-electron chi connectivity index (χ3n) is 9.85. The first kappa shape index (κ1) is 18.1. The van der Waals surface area contributed by atoms with Crippen LogP contribution in [-0.2, 0) is 0 Å². The first-order valence-corrected chi connectivity index (χ1v) is 15.5. The average molecular weight is 587 g/mol. The molecule has 0 aliphatic carbocycles. The molecule has 0 saturated heterocycles. The summed E-state index contributed by atoms with van der Waals surface area (Å²) in [6.07, 6.45) is 0. The Bertz CT molecular complexity index is 3440. The Hall–Kier alpha value is -5.98. The minimum absolute atomic E-state index is 0.0138. The smallest absolute Gasteiger partial charge is 0.0616 e. The second-order valence-electron chi connectivity index (χ2n) is 12.2. The molecule has 0 aromatic heterocycles. The molecule has 46 heavy (non-hydrogen) atoms. The fourth-order valence-electron chi connectivity index (χ4n) is 7.81. The van der Waals surface area contributed by atoms with Gasteiger partial charge in [0.15, 0.2) is 0 Å². The van der Waals surface area contributed by atoms with Gasteiger partial charge in [0.2, 0.25) is 0 Å². The number of hydrogen-bond donors (Lipinski definition) is 0. The van der Waals surface area contributed by atoms with E-state index in [0.717, 1.165) is 64.6 Å². The summed E-state index contributed by atoms with van der Waals surface area (Å²) in [5.74, 6) is 0. The number of hydrogen-bond acceptors (Lipinski definition) is 0. The highest BCUT2D eigenvalue weighted by atomic mass is 14.2. The van der Waals surface area contributed by atoms with Gasteiger partial charge in [-0.05, 0) is 121 Å². The highest BCUT2D eigenvalue weighted by Crippen LogP contribution is 2.45. The van der Waals surface area contributed by atoms with Crippen molar-refractivity contribution in [3.8, 4) is 22.3 Å². The van der Waals surface area contributed by atoms with E-state index in [1.165, 1.54) is 0 Å². The average Bonchev–Trinajstić information content (AvgIpc) is 3.19.